The van der Waals surface area contributed by atoms with Crippen LogP contribution in [0.3, 0.4) is 0 Å². The smallest absolute Gasteiger partial charge is 0.410 e. The maximum atomic E-state index is 12.9. The molecule has 166 valence electrons. The van der Waals surface area contributed by atoms with E-state index in [-0.39, 0.29) is 18.3 Å². The SMILES string of the molecule is CC(C)(C)OC(=O)N1CCC(O)(CCC(=O)c2cc(Cl)c(N)c3c2OCCC3)CC1. The summed E-state index contributed by atoms with van der Waals surface area (Å²) in [6, 6.07) is 1.57. The van der Waals surface area contributed by atoms with Crippen molar-refractivity contribution in [1.82, 2.24) is 4.90 Å². The Bertz CT molecular complexity index is 826. The number of hydrogen-bond donors (Lipinski definition) is 2. The Balaban J connectivity index is 1.61. The molecule has 1 aromatic rings. The summed E-state index contributed by atoms with van der Waals surface area (Å²) in [6.45, 7) is 6.80. The maximum absolute atomic E-state index is 12.9. The fourth-order valence-corrected chi connectivity index (χ4v) is 4.13. The van der Waals surface area contributed by atoms with Crippen LogP contribution in [-0.2, 0) is 11.2 Å². The lowest BCUT2D eigenvalue weighted by atomic mass is 9.85. The number of fused-ring (bicyclic) bond motifs is 1. The first kappa shape index (κ1) is 22.7. The summed E-state index contributed by atoms with van der Waals surface area (Å²) < 4.78 is 11.1. The summed E-state index contributed by atoms with van der Waals surface area (Å²) >= 11 is 6.23. The lowest BCUT2D eigenvalue weighted by Crippen LogP contribution is -2.48. The van der Waals surface area contributed by atoms with Gasteiger partial charge in [0.1, 0.15) is 11.4 Å². The molecule has 30 heavy (non-hydrogen) atoms. The lowest BCUT2D eigenvalue weighted by molar-refractivity contribution is -0.0367. The predicted molar refractivity (Wildman–Crippen MR) is 115 cm³/mol. The van der Waals surface area contributed by atoms with Crippen LogP contribution in [0.15, 0.2) is 6.07 Å². The highest BCUT2D eigenvalue weighted by Gasteiger charge is 2.36. The van der Waals surface area contributed by atoms with Crippen molar-refractivity contribution in [3.63, 3.8) is 0 Å². The van der Waals surface area contributed by atoms with E-state index < -0.39 is 11.2 Å². The molecule has 0 saturated carbocycles. The molecule has 2 aliphatic heterocycles. The number of ether oxygens (including phenoxy) is 2. The minimum Gasteiger partial charge on any atom is -0.492 e. The molecule has 3 rings (SSSR count). The molecule has 0 aliphatic carbocycles. The first-order chi connectivity index (χ1) is 14.0. The molecule has 0 spiro atoms. The molecule has 0 unspecified atom stereocenters. The average Bonchev–Trinajstić information content (AvgIpc) is 2.68. The van der Waals surface area contributed by atoms with Crippen LogP contribution in [0.25, 0.3) is 0 Å². The van der Waals surface area contributed by atoms with Crippen LogP contribution in [0.2, 0.25) is 5.02 Å². The number of Topliss-reactive ketones (excluding diaryl/α,β-unsaturated/α-hetero) is 1. The molecule has 3 N–H and O–H groups in total. The second-order valence-corrected chi connectivity index (χ2v) is 9.60. The average molecular weight is 439 g/mol. The number of nitrogens with zero attached hydrogens (tertiary/aromatic N) is 1. The van der Waals surface area contributed by atoms with Crippen molar-refractivity contribution in [3.05, 3.63) is 22.2 Å². The van der Waals surface area contributed by atoms with Gasteiger partial charge in [0.15, 0.2) is 5.78 Å². The summed E-state index contributed by atoms with van der Waals surface area (Å²) in [5, 5.41) is 11.3. The van der Waals surface area contributed by atoms with Crippen molar-refractivity contribution in [2.75, 3.05) is 25.4 Å². The number of anilines is 1. The number of benzene rings is 1. The molecule has 8 heteroatoms. The Labute approximate surface area is 182 Å². The van der Waals surface area contributed by atoms with E-state index >= 15 is 0 Å². The van der Waals surface area contributed by atoms with Crippen molar-refractivity contribution >= 4 is 29.2 Å². The van der Waals surface area contributed by atoms with Gasteiger partial charge in [-0.1, -0.05) is 11.6 Å². The van der Waals surface area contributed by atoms with E-state index in [2.05, 4.69) is 0 Å². The van der Waals surface area contributed by atoms with Gasteiger partial charge in [-0.05, 0) is 58.9 Å². The van der Waals surface area contributed by atoms with Crippen LogP contribution in [0.4, 0.5) is 10.5 Å². The van der Waals surface area contributed by atoms with Crippen molar-refractivity contribution in [2.24, 2.45) is 0 Å². The second-order valence-electron chi connectivity index (χ2n) is 9.19. The molecule has 1 aromatic carbocycles. The van der Waals surface area contributed by atoms with Gasteiger partial charge in [0.05, 0.1) is 28.5 Å². The zero-order valence-electron chi connectivity index (χ0n) is 17.9. The Morgan fingerprint density at radius 2 is 2.00 bits per heavy atom. The molecular weight excluding hydrogens is 408 g/mol. The Morgan fingerprint density at radius 3 is 2.63 bits per heavy atom. The van der Waals surface area contributed by atoms with Gasteiger partial charge in [0.2, 0.25) is 0 Å². The zero-order valence-corrected chi connectivity index (χ0v) is 18.7. The van der Waals surface area contributed by atoms with E-state index in [1.165, 1.54) is 0 Å². The number of amides is 1. The van der Waals surface area contributed by atoms with E-state index in [1.807, 2.05) is 20.8 Å². The summed E-state index contributed by atoms with van der Waals surface area (Å²) in [7, 11) is 0. The Morgan fingerprint density at radius 1 is 1.33 bits per heavy atom. The van der Waals surface area contributed by atoms with Gasteiger partial charge < -0.3 is 25.2 Å². The minimum atomic E-state index is -0.993. The highest BCUT2D eigenvalue weighted by Crippen LogP contribution is 2.39. The Kier molecular flexibility index (Phi) is 6.53. The fraction of sp³-hybridized carbons (Fsp3) is 0.636. The number of likely N-dealkylation sites (tertiary alicyclic amines) is 1. The third-order valence-electron chi connectivity index (χ3n) is 5.65. The first-order valence-electron chi connectivity index (χ1n) is 10.5. The summed E-state index contributed by atoms with van der Waals surface area (Å²) in [6.07, 6.45) is 2.46. The molecule has 0 radical (unpaired) electrons. The molecule has 2 aliphatic rings. The number of aliphatic hydroxyl groups is 1. The monoisotopic (exact) mass is 438 g/mol. The topological polar surface area (TPSA) is 102 Å². The van der Waals surface area contributed by atoms with Crippen molar-refractivity contribution in [1.29, 1.82) is 0 Å². The molecule has 0 atom stereocenters. The molecule has 1 fully saturated rings. The molecular formula is C22H31ClN2O5. The van der Waals surface area contributed by atoms with Crippen LogP contribution in [0.5, 0.6) is 5.75 Å². The maximum Gasteiger partial charge on any atom is 0.410 e. The second kappa shape index (κ2) is 8.63. The van der Waals surface area contributed by atoms with E-state index in [0.29, 0.717) is 61.0 Å². The molecule has 2 heterocycles. The van der Waals surface area contributed by atoms with Crippen molar-refractivity contribution in [3.8, 4) is 5.75 Å². The number of piperidine rings is 1. The minimum absolute atomic E-state index is 0.127. The van der Waals surface area contributed by atoms with Gasteiger partial charge in [0.25, 0.3) is 0 Å². The number of halogens is 1. The molecule has 0 bridgehead atoms. The first-order valence-corrected chi connectivity index (χ1v) is 10.8. The molecule has 1 saturated heterocycles. The third-order valence-corrected chi connectivity index (χ3v) is 5.97. The van der Waals surface area contributed by atoms with Crippen molar-refractivity contribution < 1.29 is 24.2 Å². The van der Waals surface area contributed by atoms with Gasteiger partial charge in [-0.2, -0.15) is 0 Å². The van der Waals surface area contributed by atoms with Crippen LogP contribution in [0.1, 0.15) is 68.8 Å². The highest BCUT2D eigenvalue weighted by atomic mass is 35.5. The third kappa shape index (κ3) is 5.19. The Hall–Kier alpha value is -1.99. The number of carbonyl (C=O) groups is 2. The summed E-state index contributed by atoms with van der Waals surface area (Å²) in [5.74, 6) is 0.401. The standard InChI is InChI=1S/C22H31ClN2O5/c1-21(2,3)30-20(27)25-10-8-22(28,9-11-25)7-6-17(26)15-13-16(23)18(24)14-5-4-12-29-19(14)15/h13,28H,4-12,24H2,1-3H3. The number of hydrogen-bond acceptors (Lipinski definition) is 6. The van der Waals surface area contributed by atoms with Gasteiger partial charge >= 0.3 is 6.09 Å². The van der Waals surface area contributed by atoms with Crippen molar-refractivity contribution in [2.45, 2.75) is 70.5 Å². The quantitative estimate of drug-likeness (QED) is 0.544. The number of carbonyl (C=O) groups excluding carboxylic acids is 2. The summed E-state index contributed by atoms with van der Waals surface area (Å²) in [5.41, 5.74) is 6.20. The fourth-order valence-electron chi connectivity index (χ4n) is 3.91. The van der Waals surface area contributed by atoms with E-state index in [4.69, 9.17) is 26.8 Å². The number of ketones is 1. The van der Waals surface area contributed by atoms with Gasteiger partial charge in [-0.15, -0.1) is 0 Å². The van der Waals surface area contributed by atoms with Gasteiger partial charge in [-0.25, -0.2) is 4.79 Å². The molecule has 0 aromatic heterocycles. The predicted octanol–water partition coefficient (Wildman–Crippen LogP) is 3.97. The number of nitrogens with two attached hydrogens (primary N) is 1. The normalized spacial score (nSPS) is 18.4. The zero-order chi connectivity index (χ0) is 22.1. The lowest BCUT2D eigenvalue weighted by Gasteiger charge is -2.38. The van der Waals surface area contributed by atoms with Crippen LogP contribution in [0, 0.1) is 0 Å². The van der Waals surface area contributed by atoms with Crippen LogP contribution < -0.4 is 10.5 Å². The number of nitrogen functional groups attached to an aromatic ring is 1. The van der Waals surface area contributed by atoms with Crippen LogP contribution >= 0.6 is 11.6 Å². The largest absolute Gasteiger partial charge is 0.492 e. The van der Waals surface area contributed by atoms with Gasteiger partial charge in [-0.3, -0.25) is 4.79 Å². The van der Waals surface area contributed by atoms with E-state index in [9.17, 15) is 14.7 Å². The molecule has 1 amide bonds. The number of rotatable bonds is 4. The van der Waals surface area contributed by atoms with E-state index in [1.54, 1.807) is 11.0 Å². The molecule has 7 nitrogen and oxygen atoms in total. The van der Waals surface area contributed by atoms with Gasteiger partial charge in [0, 0.05) is 25.1 Å². The summed E-state index contributed by atoms with van der Waals surface area (Å²) in [4.78, 5) is 26.7. The highest BCUT2D eigenvalue weighted by molar-refractivity contribution is 6.33. The van der Waals surface area contributed by atoms with Crippen LogP contribution in [-0.4, -0.2) is 52.8 Å². The van der Waals surface area contributed by atoms with E-state index in [0.717, 1.165) is 18.4 Å².